The molecule has 0 amide bonds. The molecule has 0 unspecified atom stereocenters. The zero-order valence-electron chi connectivity index (χ0n) is 14.6. The minimum atomic E-state index is 1.00. The summed E-state index contributed by atoms with van der Waals surface area (Å²) in [5.41, 5.74) is 4.44. The second-order valence-corrected chi connectivity index (χ2v) is 6.50. The Hall–Kier alpha value is -0.683. The molecule has 0 spiro atoms. The van der Waals surface area contributed by atoms with Gasteiger partial charge in [0, 0.05) is 13.1 Å². The smallest absolute Gasteiger partial charge is 0.161 e. The van der Waals surface area contributed by atoms with Crippen LogP contribution in [0.2, 0.25) is 0 Å². The van der Waals surface area contributed by atoms with E-state index in [0.717, 1.165) is 19.6 Å². The van der Waals surface area contributed by atoms with Gasteiger partial charge in [0.05, 0.1) is 0 Å². The van der Waals surface area contributed by atoms with Crippen LogP contribution in [0.3, 0.4) is 0 Å². The number of unbranched alkanes of at least 4 members (excludes halogenated alkanes) is 9. The van der Waals surface area contributed by atoms with Gasteiger partial charge in [-0.15, -0.1) is 0 Å². The molecule has 0 saturated carbocycles. The van der Waals surface area contributed by atoms with Crippen molar-refractivity contribution < 1.29 is 0 Å². The van der Waals surface area contributed by atoms with Crippen molar-refractivity contribution in [2.45, 2.75) is 70.8 Å². The molecular formula is C19H34N3Si. The molecule has 4 heteroatoms. The third-order valence-electron chi connectivity index (χ3n) is 4.17. The highest BCUT2D eigenvalue weighted by Gasteiger charge is 1.94. The minimum Gasteiger partial charge on any atom is -0.313 e. The van der Waals surface area contributed by atoms with Crippen molar-refractivity contribution in [3.8, 4) is 0 Å². The highest BCUT2D eigenvalue weighted by molar-refractivity contribution is 6.03. The van der Waals surface area contributed by atoms with Crippen LogP contribution in [0.15, 0.2) is 30.3 Å². The lowest BCUT2D eigenvalue weighted by molar-refractivity contribution is 0.531. The first-order valence-electron chi connectivity index (χ1n) is 9.32. The van der Waals surface area contributed by atoms with Crippen LogP contribution < -0.4 is 15.8 Å². The maximum atomic E-state index is 3.53. The molecule has 0 fully saturated rings. The van der Waals surface area contributed by atoms with E-state index in [0.29, 0.717) is 0 Å². The summed E-state index contributed by atoms with van der Waals surface area (Å²) in [7, 11) is 3.18. The second kappa shape index (κ2) is 16.2. The van der Waals surface area contributed by atoms with E-state index in [4.69, 9.17) is 0 Å². The fraction of sp³-hybridized carbons (Fsp3) is 0.684. The lowest BCUT2D eigenvalue weighted by Crippen LogP contribution is -2.29. The van der Waals surface area contributed by atoms with Gasteiger partial charge in [-0.05, 0) is 24.9 Å². The fourth-order valence-electron chi connectivity index (χ4n) is 2.77. The Labute approximate surface area is 146 Å². The molecule has 0 atom stereocenters. The summed E-state index contributed by atoms with van der Waals surface area (Å²) in [5, 5.41) is 6.30. The molecule has 0 aliphatic rings. The van der Waals surface area contributed by atoms with E-state index >= 15 is 0 Å². The van der Waals surface area contributed by atoms with E-state index in [2.05, 4.69) is 56.6 Å². The SMILES string of the molecule is [Si]NNCCCCCCCCCCCCNCc1ccccc1. The van der Waals surface area contributed by atoms with E-state index < -0.39 is 0 Å². The van der Waals surface area contributed by atoms with Crippen LogP contribution in [-0.2, 0) is 6.54 Å². The molecule has 1 rings (SSSR count). The van der Waals surface area contributed by atoms with Crippen LogP contribution in [0, 0.1) is 0 Å². The number of benzene rings is 1. The molecule has 3 radical (unpaired) electrons. The van der Waals surface area contributed by atoms with Gasteiger partial charge in [0.2, 0.25) is 0 Å². The Morgan fingerprint density at radius 2 is 1.17 bits per heavy atom. The third kappa shape index (κ3) is 13.5. The summed E-state index contributed by atoms with van der Waals surface area (Å²) in [6.45, 7) is 3.19. The fourth-order valence-corrected chi connectivity index (χ4v) is 2.89. The quantitative estimate of drug-likeness (QED) is 0.244. The van der Waals surface area contributed by atoms with E-state index in [1.807, 2.05) is 0 Å². The Morgan fingerprint density at radius 3 is 1.74 bits per heavy atom. The molecule has 129 valence electrons. The Balaban J connectivity index is 1.72. The summed E-state index contributed by atoms with van der Waals surface area (Å²) in [6, 6.07) is 10.6. The molecule has 3 N–H and O–H groups in total. The van der Waals surface area contributed by atoms with Crippen molar-refractivity contribution in [1.29, 1.82) is 0 Å². The summed E-state index contributed by atoms with van der Waals surface area (Å²) in [5.74, 6) is 0. The second-order valence-electron chi connectivity index (χ2n) is 6.25. The van der Waals surface area contributed by atoms with Gasteiger partial charge in [0.25, 0.3) is 0 Å². The molecule has 1 aromatic rings. The van der Waals surface area contributed by atoms with Crippen molar-refractivity contribution in [2.24, 2.45) is 0 Å². The molecule has 0 aliphatic heterocycles. The number of hydrogen-bond acceptors (Lipinski definition) is 3. The molecule has 23 heavy (non-hydrogen) atoms. The maximum Gasteiger partial charge on any atom is 0.161 e. The first-order valence-corrected chi connectivity index (χ1v) is 9.82. The monoisotopic (exact) mass is 332 g/mol. The van der Waals surface area contributed by atoms with Crippen molar-refractivity contribution in [1.82, 2.24) is 15.8 Å². The summed E-state index contributed by atoms with van der Waals surface area (Å²) >= 11 is 0. The largest absolute Gasteiger partial charge is 0.313 e. The number of rotatable bonds is 16. The van der Waals surface area contributed by atoms with Crippen molar-refractivity contribution >= 4 is 10.4 Å². The maximum absolute atomic E-state index is 3.53. The first-order chi connectivity index (χ1) is 11.4. The summed E-state index contributed by atoms with van der Waals surface area (Å²) < 4.78 is 0. The topological polar surface area (TPSA) is 36.1 Å². The average molecular weight is 333 g/mol. The Morgan fingerprint density at radius 1 is 0.652 bits per heavy atom. The van der Waals surface area contributed by atoms with Gasteiger partial charge in [0.1, 0.15) is 0 Å². The predicted octanol–water partition coefficient (Wildman–Crippen LogP) is 3.85. The summed E-state index contributed by atoms with van der Waals surface area (Å²) in [6.07, 6.45) is 13.7. The lowest BCUT2D eigenvalue weighted by atomic mass is 10.1. The van der Waals surface area contributed by atoms with Crippen LogP contribution in [0.1, 0.15) is 69.8 Å². The van der Waals surface area contributed by atoms with Crippen LogP contribution in [0.4, 0.5) is 0 Å². The van der Waals surface area contributed by atoms with Gasteiger partial charge in [-0.3, -0.25) is 10.5 Å². The van der Waals surface area contributed by atoms with E-state index in [9.17, 15) is 0 Å². The molecule has 3 nitrogen and oxygen atoms in total. The van der Waals surface area contributed by atoms with E-state index in [1.165, 1.54) is 69.8 Å². The number of hydrogen-bond donors (Lipinski definition) is 3. The van der Waals surface area contributed by atoms with Gasteiger partial charge in [-0.25, -0.2) is 0 Å². The van der Waals surface area contributed by atoms with Crippen molar-refractivity contribution in [3.63, 3.8) is 0 Å². The van der Waals surface area contributed by atoms with Gasteiger partial charge >= 0.3 is 0 Å². The van der Waals surface area contributed by atoms with Gasteiger partial charge in [-0.1, -0.05) is 81.7 Å². The summed E-state index contributed by atoms with van der Waals surface area (Å²) in [4.78, 5) is 0. The molecule has 0 bridgehead atoms. The number of hydrazine groups is 1. The Kier molecular flexibility index (Phi) is 14.3. The highest BCUT2D eigenvalue weighted by Crippen LogP contribution is 2.10. The standard InChI is InChI=1S/C19H34N3Si/c23-22-21-17-13-8-6-4-2-1-3-5-7-12-16-20-18-19-14-10-9-11-15-19/h9-11,14-15,20-22H,1-8,12-13,16-18H2. The average Bonchev–Trinajstić information content (AvgIpc) is 2.59. The van der Waals surface area contributed by atoms with Gasteiger partial charge in [0.15, 0.2) is 10.4 Å². The molecular weight excluding hydrogens is 298 g/mol. The Bertz CT molecular complexity index is 346. The molecule has 0 saturated heterocycles. The lowest BCUT2D eigenvalue weighted by Gasteiger charge is -2.05. The molecule has 0 aromatic heterocycles. The van der Waals surface area contributed by atoms with Crippen LogP contribution in [-0.4, -0.2) is 23.5 Å². The molecule has 0 heterocycles. The van der Waals surface area contributed by atoms with Crippen LogP contribution >= 0.6 is 0 Å². The van der Waals surface area contributed by atoms with Gasteiger partial charge in [-0.2, -0.15) is 0 Å². The number of nitrogens with one attached hydrogen (secondary N) is 3. The van der Waals surface area contributed by atoms with Crippen molar-refractivity contribution in [2.75, 3.05) is 13.1 Å². The third-order valence-corrected chi connectivity index (χ3v) is 4.34. The van der Waals surface area contributed by atoms with E-state index in [1.54, 1.807) is 0 Å². The van der Waals surface area contributed by atoms with Crippen LogP contribution in [0.25, 0.3) is 0 Å². The molecule has 0 aliphatic carbocycles. The van der Waals surface area contributed by atoms with Crippen molar-refractivity contribution in [3.05, 3.63) is 35.9 Å². The first kappa shape index (κ1) is 20.4. The van der Waals surface area contributed by atoms with E-state index in [-0.39, 0.29) is 0 Å². The normalized spacial score (nSPS) is 11.0. The van der Waals surface area contributed by atoms with Gasteiger partial charge < -0.3 is 5.32 Å². The zero-order chi connectivity index (χ0) is 16.4. The predicted molar refractivity (Wildman–Crippen MR) is 101 cm³/mol. The van der Waals surface area contributed by atoms with Crippen LogP contribution in [0.5, 0.6) is 0 Å². The highest BCUT2D eigenvalue weighted by atomic mass is 28.2. The minimum absolute atomic E-state index is 1.00. The zero-order valence-corrected chi connectivity index (χ0v) is 15.6. The molecule has 1 aromatic carbocycles.